The van der Waals surface area contributed by atoms with Crippen molar-refractivity contribution in [2.75, 3.05) is 31.6 Å². The Morgan fingerprint density at radius 3 is 2.76 bits per heavy atom. The molecule has 1 heterocycles. The van der Waals surface area contributed by atoms with Gasteiger partial charge in [-0.2, -0.15) is 0 Å². The molecule has 5 heteroatoms. The van der Waals surface area contributed by atoms with E-state index in [1.807, 2.05) is 24.3 Å². The molecule has 25 heavy (non-hydrogen) atoms. The van der Waals surface area contributed by atoms with Crippen molar-refractivity contribution >= 4 is 11.6 Å². The number of anilines is 1. The van der Waals surface area contributed by atoms with E-state index in [4.69, 9.17) is 4.74 Å². The van der Waals surface area contributed by atoms with Crippen LogP contribution in [0.1, 0.15) is 24.2 Å². The van der Waals surface area contributed by atoms with Crippen LogP contribution < -0.4 is 5.32 Å². The number of ether oxygens (including phenoxy) is 1. The van der Waals surface area contributed by atoms with E-state index in [1.165, 1.54) is 12.1 Å². The number of benzene rings is 2. The van der Waals surface area contributed by atoms with E-state index in [0.717, 1.165) is 23.2 Å². The van der Waals surface area contributed by atoms with E-state index in [2.05, 4.69) is 17.1 Å². The van der Waals surface area contributed by atoms with Gasteiger partial charge < -0.3 is 10.1 Å². The first-order valence-corrected chi connectivity index (χ1v) is 8.63. The van der Waals surface area contributed by atoms with E-state index in [9.17, 15) is 9.18 Å². The average Bonchev–Trinajstić information content (AvgIpc) is 2.63. The summed E-state index contributed by atoms with van der Waals surface area (Å²) in [4.78, 5) is 14.5. The van der Waals surface area contributed by atoms with Crippen LogP contribution in [-0.4, -0.2) is 37.0 Å². The molecule has 1 amide bonds. The first-order valence-electron chi connectivity index (χ1n) is 8.63. The zero-order valence-corrected chi connectivity index (χ0v) is 14.4. The molecule has 1 aliphatic heterocycles. The van der Waals surface area contributed by atoms with E-state index in [-0.39, 0.29) is 17.8 Å². The van der Waals surface area contributed by atoms with Crippen LogP contribution in [-0.2, 0) is 16.0 Å². The maximum absolute atomic E-state index is 13.1. The van der Waals surface area contributed by atoms with Crippen molar-refractivity contribution in [2.24, 2.45) is 0 Å². The largest absolute Gasteiger partial charge is 0.371 e. The van der Waals surface area contributed by atoms with Gasteiger partial charge in [0.05, 0.1) is 19.3 Å². The highest BCUT2D eigenvalue weighted by Crippen LogP contribution is 2.22. The fraction of sp³-hybridized carbons (Fsp3) is 0.350. The normalized spacial score (nSPS) is 18.1. The number of nitrogens with one attached hydrogen (secondary N) is 1. The second-order valence-electron chi connectivity index (χ2n) is 6.20. The Balaban J connectivity index is 1.58. The Kier molecular flexibility index (Phi) is 5.79. The highest BCUT2D eigenvalue weighted by Gasteiger charge is 2.23. The second-order valence-corrected chi connectivity index (χ2v) is 6.20. The van der Waals surface area contributed by atoms with Crippen LogP contribution in [0.2, 0.25) is 0 Å². The molecule has 0 radical (unpaired) electrons. The van der Waals surface area contributed by atoms with Crippen molar-refractivity contribution in [1.82, 2.24) is 4.90 Å². The van der Waals surface area contributed by atoms with E-state index in [1.54, 1.807) is 12.1 Å². The molecule has 4 nitrogen and oxygen atoms in total. The Hall–Kier alpha value is -2.24. The van der Waals surface area contributed by atoms with Gasteiger partial charge in [-0.1, -0.05) is 37.3 Å². The first kappa shape index (κ1) is 17.6. The summed E-state index contributed by atoms with van der Waals surface area (Å²) in [6.07, 6.45) is 0.741. The van der Waals surface area contributed by atoms with Crippen LogP contribution in [0.15, 0.2) is 48.5 Å². The third kappa shape index (κ3) is 4.65. The van der Waals surface area contributed by atoms with Gasteiger partial charge in [0.1, 0.15) is 5.82 Å². The molecule has 1 fully saturated rings. The SMILES string of the molecule is CCc1ccccc1NC(=O)CN1CCOC(c2ccc(F)cc2)C1. The molecule has 0 bridgehead atoms. The van der Waals surface area contributed by atoms with Crippen LogP contribution >= 0.6 is 0 Å². The fourth-order valence-corrected chi connectivity index (χ4v) is 3.07. The number of amides is 1. The Morgan fingerprint density at radius 1 is 1.24 bits per heavy atom. The smallest absolute Gasteiger partial charge is 0.238 e. The topological polar surface area (TPSA) is 41.6 Å². The lowest BCUT2D eigenvalue weighted by Crippen LogP contribution is -2.42. The number of aryl methyl sites for hydroxylation is 1. The molecule has 2 aromatic rings. The lowest BCUT2D eigenvalue weighted by molar-refractivity contribution is -0.119. The Morgan fingerprint density at radius 2 is 2.00 bits per heavy atom. The minimum atomic E-state index is -0.259. The van der Waals surface area contributed by atoms with Crippen LogP contribution in [0.3, 0.4) is 0 Å². The van der Waals surface area contributed by atoms with Gasteiger partial charge in [-0.25, -0.2) is 4.39 Å². The number of hydrogen-bond acceptors (Lipinski definition) is 3. The van der Waals surface area contributed by atoms with Crippen molar-refractivity contribution in [3.63, 3.8) is 0 Å². The number of para-hydroxylation sites is 1. The molecule has 1 saturated heterocycles. The number of rotatable bonds is 5. The maximum atomic E-state index is 13.1. The van der Waals surface area contributed by atoms with Gasteiger partial charge in [0, 0.05) is 18.8 Å². The Bertz CT molecular complexity index is 718. The third-order valence-electron chi connectivity index (χ3n) is 4.43. The fourth-order valence-electron chi connectivity index (χ4n) is 3.07. The summed E-state index contributed by atoms with van der Waals surface area (Å²) in [6, 6.07) is 14.2. The highest BCUT2D eigenvalue weighted by atomic mass is 19.1. The molecule has 3 rings (SSSR count). The summed E-state index contributed by atoms with van der Waals surface area (Å²) < 4.78 is 18.8. The number of hydrogen-bond donors (Lipinski definition) is 1. The van der Waals surface area contributed by atoms with Crippen LogP contribution in [0.5, 0.6) is 0 Å². The van der Waals surface area contributed by atoms with E-state index < -0.39 is 0 Å². The van der Waals surface area contributed by atoms with E-state index >= 15 is 0 Å². The molecule has 2 aromatic carbocycles. The molecule has 0 spiro atoms. The molecule has 1 unspecified atom stereocenters. The quantitative estimate of drug-likeness (QED) is 0.905. The molecule has 0 aliphatic carbocycles. The van der Waals surface area contributed by atoms with Crippen molar-refractivity contribution in [1.29, 1.82) is 0 Å². The van der Waals surface area contributed by atoms with Crippen molar-refractivity contribution in [2.45, 2.75) is 19.4 Å². The summed E-state index contributed by atoms with van der Waals surface area (Å²) in [5, 5.41) is 3.00. The summed E-state index contributed by atoms with van der Waals surface area (Å²) in [6.45, 7) is 4.27. The summed E-state index contributed by atoms with van der Waals surface area (Å²) in [7, 11) is 0. The summed E-state index contributed by atoms with van der Waals surface area (Å²) in [5.41, 5.74) is 2.93. The van der Waals surface area contributed by atoms with Crippen molar-refractivity contribution in [3.8, 4) is 0 Å². The molecule has 1 N–H and O–H groups in total. The number of halogens is 1. The highest BCUT2D eigenvalue weighted by molar-refractivity contribution is 5.93. The summed E-state index contributed by atoms with van der Waals surface area (Å²) in [5.74, 6) is -0.286. The number of carbonyl (C=O) groups excluding carboxylic acids is 1. The Labute approximate surface area is 147 Å². The van der Waals surface area contributed by atoms with Crippen molar-refractivity contribution in [3.05, 3.63) is 65.5 Å². The van der Waals surface area contributed by atoms with Gasteiger partial charge in [-0.15, -0.1) is 0 Å². The van der Waals surface area contributed by atoms with Gasteiger partial charge in [-0.3, -0.25) is 9.69 Å². The third-order valence-corrected chi connectivity index (χ3v) is 4.43. The number of carbonyl (C=O) groups is 1. The first-order chi connectivity index (χ1) is 12.2. The van der Waals surface area contributed by atoms with E-state index in [0.29, 0.717) is 26.2 Å². The van der Waals surface area contributed by atoms with Crippen LogP contribution in [0, 0.1) is 5.82 Å². The number of morpholine rings is 1. The standard InChI is InChI=1S/C20H23FN2O2/c1-2-15-5-3-4-6-18(15)22-20(24)14-23-11-12-25-19(13-23)16-7-9-17(21)10-8-16/h3-10,19H,2,11-14H2,1H3,(H,22,24). The molecular formula is C20H23FN2O2. The van der Waals surface area contributed by atoms with Gasteiger partial charge in [-0.05, 0) is 35.7 Å². The monoisotopic (exact) mass is 342 g/mol. The van der Waals surface area contributed by atoms with Crippen molar-refractivity contribution < 1.29 is 13.9 Å². The van der Waals surface area contributed by atoms with Gasteiger partial charge >= 0.3 is 0 Å². The average molecular weight is 342 g/mol. The predicted molar refractivity (Wildman–Crippen MR) is 96.0 cm³/mol. The minimum absolute atomic E-state index is 0.0272. The number of nitrogens with zero attached hydrogens (tertiary/aromatic N) is 1. The second kappa shape index (κ2) is 8.23. The van der Waals surface area contributed by atoms with Gasteiger partial charge in [0.25, 0.3) is 0 Å². The molecule has 1 atom stereocenters. The lowest BCUT2D eigenvalue weighted by atomic mass is 10.1. The minimum Gasteiger partial charge on any atom is -0.371 e. The molecule has 0 aromatic heterocycles. The molecule has 1 aliphatic rings. The van der Waals surface area contributed by atoms with Gasteiger partial charge in [0.15, 0.2) is 0 Å². The maximum Gasteiger partial charge on any atom is 0.238 e. The lowest BCUT2D eigenvalue weighted by Gasteiger charge is -2.32. The predicted octanol–water partition coefficient (Wildman–Crippen LogP) is 3.40. The zero-order chi connectivity index (χ0) is 17.6. The zero-order valence-electron chi connectivity index (χ0n) is 14.4. The van der Waals surface area contributed by atoms with Gasteiger partial charge in [0.2, 0.25) is 5.91 Å². The summed E-state index contributed by atoms with van der Waals surface area (Å²) >= 11 is 0. The molecule has 0 saturated carbocycles. The molecular weight excluding hydrogens is 319 g/mol. The van der Waals surface area contributed by atoms with Crippen LogP contribution in [0.4, 0.5) is 10.1 Å². The molecule has 132 valence electrons. The van der Waals surface area contributed by atoms with Crippen LogP contribution in [0.25, 0.3) is 0 Å².